The Balaban J connectivity index is 4.30. The summed E-state index contributed by atoms with van der Waals surface area (Å²) in [5.41, 5.74) is 0. The Morgan fingerprint density at radius 3 is 0.829 bits per heavy atom. The van der Waals surface area contributed by atoms with Crippen molar-refractivity contribution < 1.29 is 28.6 Å². The summed E-state index contributed by atoms with van der Waals surface area (Å²) in [7, 11) is 0. The molecule has 1 unspecified atom stereocenters. The van der Waals surface area contributed by atoms with E-state index in [2.05, 4.69) is 203 Å². The average Bonchev–Trinajstić information content (AvgIpc) is 3.42. The Hall–Kier alpha value is -5.49. The van der Waals surface area contributed by atoms with Gasteiger partial charge in [0, 0.05) is 19.3 Å². The van der Waals surface area contributed by atoms with Crippen LogP contribution in [0.25, 0.3) is 0 Å². The number of unbranched alkanes of at least 4 members (excludes halogenated alkanes) is 10. The number of allylic oxidation sites excluding steroid dienone is 30. The van der Waals surface area contributed by atoms with Gasteiger partial charge in [-0.2, -0.15) is 0 Å². The van der Waals surface area contributed by atoms with E-state index in [-0.39, 0.29) is 44.0 Å². The van der Waals surface area contributed by atoms with Crippen LogP contribution in [0.4, 0.5) is 0 Å². The van der Waals surface area contributed by atoms with Crippen molar-refractivity contribution in [3.63, 3.8) is 0 Å². The lowest BCUT2D eigenvalue weighted by atomic mass is 10.1. The molecule has 0 amide bonds. The number of ether oxygens (including phenoxy) is 3. The summed E-state index contributed by atoms with van der Waals surface area (Å²) >= 11 is 0. The molecule has 0 saturated heterocycles. The molecule has 0 aliphatic carbocycles. The van der Waals surface area contributed by atoms with Gasteiger partial charge in [-0.05, 0) is 141 Å². The lowest BCUT2D eigenvalue weighted by molar-refractivity contribution is -0.167. The molecule has 0 N–H and O–H groups in total. The molecule has 0 saturated carbocycles. The lowest BCUT2D eigenvalue weighted by Crippen LogP contribution is -2.30. The Kier molecular flexibility index (Phi) is 57.6. The monoisotopic (exact) mass is 1040 g/mol. The van der Waals surface area contributed by atoms with Crippen LogP contribution in [0.3, 0.4) is 0 Å². The van der Waals surface area contributed by atoms with Crippen molar-refractivity contribution in [3.8, 4) is 0 Å². The Morgan fingerprint density at radius 1 is 0.276 bits per heavy atom. The van der Waals surface area contributed by atoms with E-state index in [4.69, 9.17) is 14.2 Å². The number of rotatable bonds is 51. The van der Waals surface area contributed by atoms with E-state index in [1.54, 1.807) is 0 Å². The summed E-state index contributed by atoms with van der Waals surface area (Å²) in [6.07, 6.45) is 93.5. The fraction of sp³-hybridized carbons (Fsp3) is 0.529. The summed E-state index contributed by atoms with van der Waals surface area (Å²) in [6, 6.07) is 0. The van der Waals surface area contributed by atoms with Crippen LogP contribution in [0, 0.1) is 0 Å². The van der Waals surface area contributed by atoms with Crippen molar-refractivity contribution in [1.29, 1.82) is 0 Å². The maximum absolute atomic E-state index is 12.8. The second kappa shape index (κ2) is 62.1. The third-order valence-corrected chi connectivity index (χ3v) is 11.7. The molecule has 422 valence electrons. The van der Waals surface area contributed by atoms with Crippen molar-refractivity contribution in [2.45, 2.75) is 226 Å². The average molecular weight is 1040 g/mol. The quantitative estimate of drug-likeness (QED) is 0.0261. The maximum Gasteiger partial charge on any atom is 0.306 e. The van der Waals surface area contributed by atoms with Crippen LogP contribution in [0.1, 0.15) is 220 Å². The van der Waals surface area contributed by atoms with E-state index in [0.29, 0.717) is 19.3 Å². The van der Waals surface area contributed by atoms with E-state index in [0.717, 1.165) is 148 Å². The predicted molar refractivity (Wildman–Crippen MR) is 329 cm³/mol. The SMILES string of the molecule is CC/C=C\C/C=C\C/C=C\C/C=C\C/C=C\C/C=C\C/C=C\C/C=C\C/C=C\C/C=C\CCCCC(=O)OCC(COC(=O)CCCCCCCC)OC(=O)CCCCC/C=C\C/C=C\C/C=C\C/C=C\C/C=C\CC. The van der Waals surface area contributed by atoms with E-state index in [1.165, 1.54) is 19.3 Å². The van der Waals surface area contributed by atoms with Gasteiger partial charge in [-0.1, -0.05) is 242 Å². The minimum absolute atomic E-state index is 0.114. The first-order valence-electron chi connectivity index (χ1n) is 29.8. The third-order valence-electron chi connectivity index (χ3n) is 11.7. The van der Waals surface area contributed by atoms with Crippen LogP contribution in [-0.2, 0) is 28.6 Å². The molecule has 0 aromatic heterocycles. The van der Waals surface area contributed by atoms with Crippen molar-refractivity contribution in [3.05, 3.63) is 182 Å². The summed E-state index contributed by atoms with van der Waals surface area (Å²) in [4.78, 5) is 37.9. The van der Waals surface area contributed by atoms with Gasteiger partial charge >= 0.3 is 17.9 Å². The highest BCUT2D eigenvalue weighted by atomic mass is 16.6. The zero-order chi connectivity index (χ0) is 55.0. The van der Waals surface area contributed by atoms with Gasteiger partial charge in [0.1, 0.15) is 13.2 Å². The summed E-state index contributed by atoms with van der Waals surface area (Å²) in [5.74, 6) is -1.02. The highest BCUT2D eigenvalue weighted by molar-refractivity contribution is 5.71. The smallest absolute Gasteiger partial charge is 0.306 e. The second-order valence-corrected chi connectivity index (χ2v) is 18.8. The fourth-order valence-electron chi connectivity index (χ4n) is 7.26. The zero-order valence-electron chi connectivity index (χ0n) is 48.2. The van der Waals surface area contributed by atoms with Gasteiger partial charge in [0.05, 0.1) is 0 Å². The molecule has 0 radical (unpaired) electrons. The van der Waals surface area contributed by atoms with Gasteiger partial charge in [-0.25, -0.2) is 0 Å². The molecule has 0 heterocycles. The first-order valence-corrected chi connectivity index (χ1v) is 29.8. The molecular formula is C70H106O6. The normalized spacial score (nSPS) is 13.5. The molecule has 0 aliphatic rings. The molecule has 6 heteroatoms. The summed E-state index contributed by atoms with van der Waals surface area (Å²) in [5, 5.41) is 0. The van der Waals surface area contributed by atoms with Crippen LogP contribution >= 0.6 is 0 Å². The first kappa shape index (κ1) is 70.5. The predicted octanol–water partition coefficient (Wildman–Crippen LogP) is 20.5. The number of esters is 3. The van der Waals surface area contributed by atoms with E-state index >= 15 is 0 Å². The second-order valence-electron chi connectivity index (χ2n) is 18.8. The van der Waals surface area contributed by atoms with Crippen molar-refractivity contribution >= 4 is 17.9 Å². The highest BCUT2D eigenvalue weighted by Crippen LogP contribution is 2.11. The number of carbonyl (C=O) groups excluding carboxylic acids is 3. The molecule has 1 atom stereocenters. The molecule has 0 fully saturated rings. The van der Waals surface area contributed by atoms with Crippen molar-refractivity contribution in [1.82, 2.24) is 0 Å². The fourth-order valence-corrected chi connectivity index (χ4v) is 7.26. The Bertz CT molecular complexity index is 1820. The molecule has 0 spiro atoms. The van der Waals surface area contributed by atoms with Gasteiger partial charge < -0.3 is 14.2 Å². The minimum atomic E-state index is -0.820. The van der Waals surface area contributed by atoms with Gasteiger partial charge in [0.15, 0.2) is 6.10 Å². The number of hydrogen-bond acceptors (Lipinski definition) is 6. The molecule has 0 rings (SSSR count). The van der Waals surface area contributed by atoms with Crippen molar-refractivity contribution in [2.75, 3.05) is 13.2 Å². The molecule has 0 aromatic carbocycles. The number of hydrogen-bond donors (Lipinski definition) is 0. The van der Waals surface area contributed by atoms with Gasteiger partial charge in [-0.3, -0.25) is 14.4 Å². The van der Waals surface area contributed by atoms with E-state index in [9.17, 15) is 14.4 Å². The first-order chi connectivity index (χ1) is 37.5. The Morgan fingerprint density at radius 2 is 0.513 bits per heavy atom. The topological polar surface area (TPSA) is 78.9 Å². The molecule has 76 heavy (non-hydrogen) atoms. The maximum atomic E-state index is 12.8. The van der Waals surface area contributed by atoms with Crippen LogP contribution in [0.5, 0.6) is 0 Å². The van der Waals surface area contributed by atoms with Gasteiger partial charge in [0.2, 0.25) is 0 Å². The largest absolute Gasteiger partial charge is 0.462 e. The molecule has 0 aromatic rings. The number of carbonyl (C=O) groups is 3. The Labute approximate surface area is 465 Å². The molecule has 0 aliphatic heterocycles. The molecular weight excluding hydrogens is 937 g/mol. The molecule has 0 bridgehead atoms. The minimum Gasteiger partial charge on any atom is -0.462 e. The highest BCUT2D eigenvalue weighted by Gasteiger charge is 2.19. The summed E-state index contributed by atoms with van der Waals surface area (Å²) in [6.45, 7) is 6.26. The van der Waals surface area contributed by atoms with E-state index < -0.39 is 6.10 Å². The van der Waals surface area contributed by atoms with Gasteiger partial charge in [-0.15, -0.1) is 0 Å². The van der Waals surface area contributed by atoms with E-state index in [1.807, 2.05) is 0 Å². The third kappa shape index (κ3) is 59.4. The van der Waals surface area contributed by atoms with Crippen molar-refractivity contribution in [2.24, 2.45) is 0 Å². The zero-order valence-corrected chi connectivity index (χ0v) is 48.2. The van der Waals surface area contributed by atoms with Gasteiger partial charge in [0.25, 0.3) is 0 Å². The standard InChI is InChI=1S/C70H106O6/c1-4-7-10-13-16-18-20-22-24-26-28-29-30-31-32-33-34-35-36-37-38-39-40-41-43-44-46-48-50-52-54-57-60-63-69(72)75-66-67(65-74-68(71)62-59-56-15-12-9-6-3)76-70(73)64-61-58-55-53-51-49-47-45-42-27-25-23-21-19-17-14-11-8-5-2/h7-8,10-11,16-19,22-25,28-29,31-32,34-35,37-38,40-42,44-46,49-52,67H,4-6,9,12-15,20-21,26-27,30,33,36,39,43,47-48,53-66H2,1-3H3/b10-7-,11-8-,18-16-,19-17-,24-22-,25-23-,29-28-,32-31-,35-34-,38-37-,41-40-,45-42-,46-44-,51-49-,52-50-. The van der Waals surface area contributed by atoms with Crippen LogP contribution in [0.15, 0.2) is 182 Å². The molecule has 6 nitrogen and oxygen atoms in total. The van der Waals surface area contributed by atoms with Crippen LogP contribution < -0.4 is 0 Å². The van der Waals surface area contributed by atoms with Crippen LogP contribution in [-0.4, -0.2) is 37.2 Å². The van der Waals surface area contributed by atoms with Crippen LogP contribution in [0.2, 0.25) is 0 Å². The summed E-state index contributed by atoms with van der Waals surface area (Å²) < 4.78 is 16.7. The lowest BCUT2D eigenvalue weighted by Gasteiger charge is -2.18.